The Morgan fingerprint density at radius 3 is 1.84 bits per heavy atom. The maximum absolute atomic E-state index is 12.5. The van der Waals surface area contributed by atoms with E-state index in [1.165, 1.54) is 5.56 Å². The fourth-order valence-corrected chi connectivity index (χ4v) is 2.73. The molecule has 0 radical (unpaired) electrons. The van der Waals surface area contributed by atoms with Crippen molar-refractivity contribution in [2.45, 2.75) is 34.6 Å². The van der Waals surface area contributed by atoms with Crippen LogP contribution in [0.4, 0.5) is 5.69 Å². The summed E-state index contributed by atoms with van der Waals surface area (Å²) in [5, 5.41) is 5.84. The van der Waals surface area contributed by atoms with Crippen molar-refractivity contribution in [1.29, 1.82) is 0 Å². The van der Waals surface area contributed by atoms with E-state index >= 15 is 0 Å². The van der Waals surface area contributed by atoms with Crippen molar-refractivity contribution in [3.8, 4) is 0 Å². The standard InChI is InChI=1S/C21H26N2O2/c1-13(2)12-22-20(24)17-6-8-18(9-7-17)21(25)23-19-15(4)10-14(3)11-16(19)5/h6-11,13H,12H2,1-5H3,(H,22,24)(H,23,25). The number of hydrogen-bond acceptors (Lipinski definition) is 2. The van der Waals surface area contributed by atoms with Gasteiger partial charge in [-0.3, -0.25) is 9.59 Å². The third-order valence-corrected chi connectivity index (χ3v) is 4.00. The van der Waals surface area contributed by atoms with E-state index in [4.69, 9.17) is 0 Å². The first-order valence-electron chi connectivity index (χ1n) is 8.55. The summed E-state index contributed by atoms with van der Waals surface area (Å²) in [4.78, 5) is 24.5. The van der Waals surface area contributed by atoms with E-state index in [2.05, 4.69) is 10.6 Å². The van der Waals surface area contributed by atoms with Crippen LogP contribution < -0.4 is 10.6 Å². The molecule has 2 rings (SSSR count). The van der Waals surface area contributed by atoms with E-state index in [1.54, 1.807) is 24.3 Å². The first-order chi connectivity index (χ1) is 11.8. The van der Waals surface area contributed by atoms with Crippen molar-refractivity contribution in [2.24, 2.45) is 5.92 Å². The highest BCUT2D eigenvalue weighted by Crippen LogP contribution is 2.22. The molecule has 0 heterocycles. The molecular weight excluding hydrogens is 312 g/mol. The zero-order chi connectivity index (χ0) is 18.6. The van der Waals surface area contributed by atoms with Gasteiger partial charge in [-0.1, -0.05) is 31.5 Å². The lowest BCUT2D eigenvalue weighted by Gasteiger charge is -2.13. The topological polar surface area (TPSA) is 58.2 Å². The number of hydrogen-bond donors (Lipinski definition) is 2. The summed E-state index contributed by atoms with van der Waals surface area (Å²) in [5.74, 6) is 0.102. The molecule has 25 heavy (non-hydrogen) atoms. The van der Waals surface area contributed by atoms with Gasteiger partial charge in [0.1, 0.15) is 0 Å². The van der Waals surface area contributed by atoms with Crippen LogP contribution in [0.15, 0.2) is 36.4 Å². The van der Waals surface area contributed by atoms with Crippen LogP contribution in [0.25, 0.3) is 0 Å². The monoisotopic (exact) mass is 338 g/mol. The molecule has 0 fully saturated rings. The molecule has 0 aromatic heterocycles. The molecular formula is C21H26N2O2. The zero-order valence-corrected chi connectivity index (χ0v) is 15.6. The highest BCUT2D eigenvalue weighted by molar-refractivity contribution is 6.05. The number of nitrogens with one attached hydrogen (secondary N) is 2. The lowest BCUT2D eigenvalue weighted by atomic mass is 10.0. The van der Waals surface area contributed by atoms with Gasteiger partial charge in [0.2, 0.25) is 0 Å². The molecule has 4 nitrogen and oxygen atoms in total. The summed E-state index contributed by atoms with van der Waals surface area (Å²) >= 11 is 0. The predicted octanol–water partition coefficient (Wildman–Crippen LogP) is 4.25. The van der Waals surface area contributed by atoms with E-state index in [-0.39, 0.29) is 11.8 Å². The molecule has 0 spiro atoms. The van der Waals surface area contributed by atoms with Crippen LogP contribution in [0.2, 0.25) is 0 Å². The summed E-state index contributed by atoms with van der Waals surface area (Å²) in [5.41, 5.74) is 5.17. The number of benzene rings is 2. The third kappa shape index (κ3) is 4.92. The van der Waals surface area contributed by atoms with Gasteiger partial charge >= 0.3 is 0 Å². The van der Waals surface area contributed by atoms with Gasteiger partial charge in [0, 0.05) is 23.4 Å². The molecule has 0 bridgehead atoms. The minimum atomic E-state index is -0.177. The smallest absolute Gasteiger partial charge is 0.255 e. The van der Waals surface area contributed by atoms with Crippen molar-refractivity contribution in [3.63, 3.8) is 0 Å². The molecule has 0 unspecified atom stereocenters. The van der Waals surface area contributed by atoms with Gasteiger partial charge in [-0.15, -0.1) is 0 Å². The zero-order valence-electron chi connectivity index (χ0n) is 15.6. The number of carbonyl (C=O) groups is 2. The maximum Gasteiger partial charge on any atom is 0.255 e. The van der Waals surface area contributed by atoms with Crippen LogP contribution in [0.3, 0.4) is 0 Å². The van der Waals surface area contributed by atoms with Crippen molar-refractivity contribution in [2.75, 3.05) is 11.9 Å². The Labute approximate surface area is 149 Å². The lowest BCUT2D eigenvalue weighted by molar-refractivity contribution is 0.0947. The number of carbonyl (C=O) groups excluding carboxylic acids is 2. The van der Waals surface area contributed by atoms with Crippen LogP contribution in [0.1, 0.15) is 51.3 Å². The minimum absolute atomic E-state index is 0.120. The second kappa shape index (κ2) is 7.97. The summed E-state index contributed by atoms with van der Waals surface area (Å²) in [6.45, 7) is 10.7. The summed E-state index contributed by atoms with van der Waals surface area (Å²) < 4.78 is 0. The van der Waals surface area contributed by atoms with Crippen LogP contribution in [-0.4, -0.2) is 18.4 Å². The Bertz CT molecular complexity index is 754. The fraction of sp³-hybridized carbons (Fsp3) is 0.333. The van der Waals surface area contributed by atoms with Gasteiger partial charge in [0.25, 0.3) is 11.8 Å². The summed E-state index contributed by atoms with van der Waals surface area (Å²) in [7, 11) is 0. The van der Waals surface area contributed by atoms with Crippen LogP contribution in [-0.2, 0) is 0 Å². The van der Waals surface area contributed by atoms with E-state index in [1.807, 2.05) is 46.8 Å². The number of anilines is 1. The summed E-state index contributed by atoms with van der Waals surface area (Å²) in [6.07, 6.45) is 0. The Balaban J connectivity index is 2.10. The van der Waals surface area contributed by atoms with Crippen LogP contribution in [0.5, 0.6) is 0 Å². The number of rotatable bonds is 5. The molecule has 2 aromatic carbocycles. The first kappa shape index (κ1) is 18.7. The molecule has 2 amide bonds. The van der Waals surface area contributed by atoms with Gasteiger partial charge < -0.3 is 10.6 Å². The van der Waals surface area contributed by atoms with E-state index in [9.17, 15) is 9.59 Å². The molecule has 0 saturated carbocycles. The van der Waals surface area contributed by atoms with Gasteiger partial charge in [-0.05, 0) is 62.1 Å². The highest BCUT2D eigenvalue weighted by atomic mass is 16.2. The van der Waals surface area contributed by atoms with Crippen molar-refractivity contribution in [1.82, 2.24) is 5.32 Å². The van der Waals surface area contributed by atoms with Gasteiger partial charge in [-0.2, -0.15) is 0 Å². The molecule has 0 aliphatic carbocycles. The Hall–Kier alpha value is -2.62. The Morgan fingerprint density at radius 2 is 1.36 bits per heavy atom. The first-order valence-corrected chi connectivity index (χ1v) is 8.55. The second-order valence-corrected chi connectivity index (χ2v) is 6.91. The number of amides is 2. The van der Waals surface area contributed by atoms with Gasteiger partial charge in [0.15, 0.2) is 0 Å². The average molecular weight is 338 g/mol. The van der Waals surface area contributed by atoms with E-state index < -0.39 is 0 Å². The summed E-state index contributed by atoms with van der Waals surface area (Å²) in [6, 6.07) is 10.8. The molecule has 0 saturated heterocycles. The lowest BCUT2D eigenvalue weighted by Crippen LogP contribution is -2.27. The molecule has 0 aliphatic rings. The Morgan fingerprint density at radius 1 is 0.880 bits per heavy atom. The van der Waals surface area contributed by atoms with E-state index in [0.29, 0.717) is 23.6 Å². The van der Waals surface area contributed by atoms with Crippen LogP contribution >= 0.6 is 0 Å². The van der Waals surface area contributed by atoms with Crippen molar-refractivity contribution >= 4 is 17.5 Å². The molecule has 0 atom stereocenters. The van der Waals surface area contributed by atoms with Gasteiger partial charge in [-0.25, -0.2) is 0 Å². The average Bonchev–Trinajstić information content (AvgIpc) is 2.55. The maximum atomic E-state index is 12.5. The second-order valence-electron chi connectivity index (χ2n) is 6.91. The normalized spacial score (nSPS) is 10.6. The fourth-order valence-electron chi connectivity index (χ4n) is 2.73. The SMILES string of the molecule is Cc1cc(C)c(NC(=O)c2ccc(C(=O)NCC(C)C)cc2)c(C)c1. The predicted molar refractivity (Wildman–Crippen MR) is 102 cm³/mol. The Kier molecular flexibility index (Phi) is 5.97. The molecule has 132 valence electrons. The number of aryl methyl sites for hydroxylation is 3. The van der Waals surface area contributed by atoms with Gasteiger partial charge in [0.05, 0.1) is 0 Å². The highest BCUT2D eigenvalue weighted by Gasteiger charge is 2.12. The molecule has 2 aromatic rings. The van der Waals surface area contributed by atoms with Crippen LogP contribution in [0, 0.1) is 26.7 Å². The molecule has 0 aliphatic heterocycles. The third-order valence-electron chi connectivity index (χ3n) is 4.00. The molecule has 2 N–H and O–H groups in total. The molecule has 4 heteroatoms. The van der Waals surface area contributed by atoms with Crippen molar-refractivity contribution < 1.29 is 9.59 Å². The van der Waals surface area contributed by atoms with Crippen molar-refractivity contribution in [3.05, 3.63) is 64.2 Å². The minimum Gasteiger partial charge on any atom is -0.352 e. The largest absolute Gasteiger partial charge is 0.352 e. The van der Waals surface area contributed by atoms with E-state index in [0.717, 1.165) is 16.8 Å². The quantitative estimate of drug-likeness (QED) is 0.856.